The SMILES string of the molecule is CCNC(=O)C1CNCCN1CC(=O)NCC#N. The molecule has 0 aromatic carbocycles. The maximum absolute atomic E-state index is 11.8. The summed E-state index contributed by atoms with van der Waals surface area (Å²) in [5.74, 6) is -0.300. The van der Waals surface area contributed by atoms with Crippen LogP contribution in [0.5, 0.6) is 0 Å². The maximum atomic E-state index is 11.8. The van der Waals surface area contributed by atoms with Crippen LogP contribution in [0.15, 0.2) is 0 Å². The molecule has 1 saturated heterocycles. The topological polar surface area (TPSA) is 97.3 Å². The second kappa shape index (κ2) is 7.63. The van der Waals surface area contributed by atoms with Crippen molar-refractivity contribution in [2.24, 2.45) is 0 Å². The summed E-state index contributed by atoms with van der Waals surface area (Å²) in [6, 6.07) is 1.52. The first kappa shape index (κ1) is 14.4. The highest BCUT2D eigenvalue weighted by Gasteiger charge is 2.29. The molecule has 0 radical (unpaired) electrons. The Hall–Kier alpha value is -1.65. The number of likely N-dealkylation sites (N-methyl/N-ethyl adjacent to an activating group) is 1. The quantitative estimate of drug-likeness (QED) is 0.494. The Kier molecular flexibility index (Phi) is 6.11. The molecule has 2 amide bonds. The van der Waals surface area contributed by atoms with Crippen LogP contribution in [0.4, 0.5) is 0 Å². The third-order valence-corrected chi connectivity index (χ3v) is 2.72. The van der Waals surface area contributed by atoms with E-state index in [1.54, 1.807) is 0 Å². The third kappa shape index (κ3) is 4.31. The molecule has 1 atom stereocenters. The molecule has 3 N–H and O–H groups in total. The van der Waals surface area contributed by atoms with Gasteiger partial charge in [0, 0.05) is 26.2 Å². The number of nitrogens with zero attached hydrogens (tertiary/aromatic N) is 2. The largest absolute Gasteiger partial charge is 0.355 e. The minimum atomic E-state index is -0.327. The van der Waals surface area contributed by atoms with Crippen LogP contribution in [0.25, 0.3) is 0 Å². The lowest BCUT2D eigenvalue weighted by molar-refractivity contribution is -0.129. The van der Waals surface area contributed by atoms with Gasteiger partial charge in [0.2, 0.25) is 11.8 Å². The molecule has 7 nitrogen and oxygen atoms in total. The maximum Gasteiger partial charge on any atom is 0.238 e. The van der Waals surface area contributed by atoms with E-state index in [9.17, 15) is 9.59 Å². The summed E-state index contributed by atoms with van der Waals surface area (Å²) >= 11 is 0. The Balaban J connectivity index is 2.51. The van der Waals surface area contributed by atoms with Crippen molar-refractivity contribution in [2.75, 3.05) is 39.3 Å². The summed E-state index contributed by atoms with van der Waals surface area (Å²) in [6.07, 6.45) is 0. The fraction of sp³-hybridized carbons (Fsp3) is 0.727. The van der Waals surface area contributed by atoms with Gasteiger partial charge in [-0.25, -0.2) is 0 Å². The van der Waals surface area contributed by atoms with E-state index in [0.717, 1.165) is 6.54 Å². The molecule has 1 heterocycles. The summed E-state index contributed by atoms with van der Waals surface area (Å²) < 4.78 is 0. The number of piperazine rings is 1. The second-order valence-electron chi connectivity index (χ2n) is 4.02. The monoisotopic (exact) mass is 253 g/mol. The molecule has 1 unspecified atom stereocenters. The number of hydrogen-bond donors (Lipinski definition) is 3. The highest BCUT2D eigenvalue weighted by molar-refractivity contribution is 5.84. The van der Waals surface area contributed by atoms with Gasteiger partial charge >= 0.3 is 0 Å². The molecule has 100 valence electrons. The van der Waals surface area contributed by atoms with Crippen LogP contribution in [0.1, 0.15) is 6.92 Å². The lowest BCUT2D eigenvalue weighted by Crippen LogP contribution is -2.59. The molecule has 0 saturated carbocycles. The molecule has 1 aliphatic heterocycles. The Morgan fingerprint density at radius 1 is 1.50 bits per heavy atom. The number of amides is 2. The fourth-order valence-corrected chi connectivity index (χ4v) is 1.86. The lowest BCUT2D eigenvalue weighted by Gasteiger charge is -2.34. The molecule has 0 bridgehead atoms. The average molecular weight is 253 g/mol. The van der Waals surface area contributed by atoms with E-state index in [-0.39, 0.29) is 30.9 Å². The van der Waals surface area contributed by atoms with Crippen LogP contribution in [0.2, 0.25) is 0 Å². The van der Waals surface area contributed by atoms with Crippen LogP contribution in [-0.2, 0) is 9.59 Å². The van der Waals surface area contributed by atoms with Crippen LogP contribution in [0, 0.1) is 11.3 Å². The summed E-state index contributed by atoms with van der Waals surface area (Å²) in [6.45, 7) is 4.50. The van der Waals surface area contributed by atoms with Crippen molar-refractivity contribution in [3.05, 3.63) is 0 Å². The first-order chi connectivity index (χ1) is 8.69. The van der Waals surface area contributed by atoms with Gasteiger partial charge in [0.25, 0.3) is 0 Å². The number of hydrogen-bond acceptors (Lipinski definition) is 5. The van der Waals surface area contributed by atoms with Crippen LogP contribution in [0.3, 0.4) is 0 Å². The van der Waals surface area contributed by atoms with E-state index in [2.05, 4.69) is 16.0 Å². The fourth-order valence-electron chi connectivity index (χ4n) is 1.86. The van der Waals surface area contributed by atoms with E-state index in [4.69, 9.17) is 5.26 Å². The molecule has 0 spiro atoms. The van der Waals surface area contributed by atoms with Crippen molar-refractivity contribution >= 4 is 11.8 Å². The van der Waals surface area contributed by atoms with Crippen LogP contribution >= 0.6 is 0 Å². The van der Waals surface area contributed by atoms with E-state index in [0.29, 0.717) is 19.6 Å². The van der Waals surface area contributed by atoms with Crippen molar-refractivity contribution in [3.63, 3.8) is 0 Å². The smallest absolute Gasteiger partial charge is 0.238 e. The first-order valence-corrected chi connectivity index (χ1v) is 6.05. The molecule has 0 aromatic heterocycles. The molecule has 7 heteroatoms. The van der Waals surface area contributed by atoms with Gasteiger partial charge in [0.1, 0.15) is 12.6 Å². The standard InChI is InChI=1S/C11H19N5O2/c1-2-14-11(18)9-7-13-5-6-16(9)8-10(17)15-4-3-12/h9,13H,2,4-8H2,1H3,(H,14,18)(H,15,17). The molecule has 0 aliphatic carbocycles. The summed E-state index contributed by atoms with van der Waals surface area (Å²) in [7, 11) is 0. The Morgan fingerprint density at radius 2 is 2.28 bits per heavy atom. The minimum Gasteiger partial charge on any atom is -0.355 e. The lowest BCUT2D eigenvalue weighted by atomic mass is 10.1. The van der Waals surface area contributed by atoms with Crippen molar-refractivity contribution in [1.29, 1.82) is 5.26 Å². The number of carbonyl (C=O) groups is 2. The molecule has 0 aromatic rings. The summed E-state index contributed by atoms with van der Waals surface area (Å²) in [5.41, 5.74) is 0. The predicted molar refractivity (Wildman–Crippen MR) is 65.5 cm³/mol. The Morgan fingerprint density at radius 3 is 2.94 bits per heavy atom. The van der Waals surface area contributed by atoms with Crippen molar-refractivity contribution in [1.82, 2.24) is 20.9 Å². The summed E-state index contributed by atoms with van der Waals surface area (Å²) in [4.78, 5) is 25.2. The first-order valence-electron chi connectivity index (χ1n) is 6.05. The zero-order valence-electron chi connectivity index (χ0n) is 10.5. The number of carbonyl (C=O) groups excluding carboxylic acids is 2. The van der Waals surface area contributed by atoms with E-state index in [1.165, 1.54) is 0 Å². The van der Waals surface area contributed by atoms with Gasteiger partial charge < -0.3 is 16.0 Å². The molecular formula is C11H19N5O2. The molecule has 1 fully saturated rings. The van der Waals surface area contributed by atoms with Gasteiger partial charge in [-0.15, -0.1) is 0 Å². The third-order valence-electron chi connectivity index (χ3n) is 2.72. The predicted octanol–water partition coefficient (Wildman–Crippen LogP) is -1.96. The van der Waals surface area contributed by atoms with Gasteiger partial charge in [-0.3, -0.25) is 14.5 Å². The number of rotatable bonds is 5. The van der Waals surface area contributed by atoms with E-state index >= 15 is 0 Å². The highest BCUT2D eigenvalue weighted by Crippen LogP contribution is 2.03. The van der Waals surface area contributed by atoms with Gasteiger partial charge in [-0.05, 0) is 6.92 Å². The van der Waals surface area contributed by atoms with Crippen LogP contribution < -0.4 is 16.0 Å². The molecule has 1 aliphatic rings. The van der Waals surface area contributed by atoms with Crippen molar-refractivity contribution < 1.29 is 9.59 Å². The average Bonchev–Trinajstić information content (AvgIpc) is 2.37. The zero-order valence-corrected chi connectivity index (χ0v) is 10.5. The van der Waals surface area contributed by atoms with Gasteiger partial charge in [0.15, 0.2) is 0 Å². The number of nitrogens with one attached hydrogen (secondary N) is 3. The van der Waals surface area contributed by atoms with Gasteiger partial charge in [-0.1, -0.05) is 0 Å². The van der Waals surface area contributed by atoms with E-state index < -0.39 is 0 Å². The van der Waals surface area contributed by atoms with Crippen molar-refractivity contribution in [3.8, 4) is 6.07 Å². The van der Waals surface area contributed by atoms with Crippen LogP contribution in [-0.4, -0.2) is 62.0 Å². The minimum absolute atomic E-state index is 0.00323. The van der Waals surface area contributed by atoms with Crippen molar-refractivity contribution in [2.45, 2.75) is 13.0 Å². The molecular weight excluding hydrogens is 234 g/mol. The zero-order chi connectivity index (χ0) is 13.4. The Labute approximate surface area is 107 Å². The Bertz CT molecular complexity index is 339. The van der Waals surface area contributed by atoms with Gasteiger partial charge in [0.05, 0.1) is 12.6 Å². The van der Waals surface area contributed by atoms with Gasteiger partial charge in [-0.2, -0.15) is 5.26 Å². The molecule has 18 heavy (non-hydrogen) atoms. The summed E-state index contributed by atoms with van der Waals surface area (Å²) in [5, 5.41) is 16.7. The normalized spacial score (nSPS) is 19.9. The second-order valence-corrected chi connectivity index (χ2v) is 4.02. The highest BCUT2D eigenvalue weighted by atomic mass is 16.2. The number of nitriles is 1. The van der Waals surface area contributed by atoms with E-state index in [1.807, 2.05) is 17.9 Å². The molecule has 1 rings (SSSR count).